The molecule has 2 aliphatic heterocycles. The Hall–Kier alpha value is -0.560. The molecule has 6 heteroatoms. The zero-order valence-corrected chi connectivity index (χ0v) is 13.5. The van der Waals surface area contributed by atoms with Crippen LogP contribution in [0.3, 0.4) is 0 Å². The molecular formula is C15H24N4OS. The number of rotatable bonds is 4. The lowest BCUT2D eigenvalue weighted by molar-refractivity contribution is -0.0454. The van der Waals surface area contributed by atoms with Crippen LogP contribution >= 0.6 is 11.5 Å². The minimum Gasteiger partial charge on any atom is -0.373 e. The van der Waals surface area contributed by atoms with Gasteiger partial charge in [-0.1, -0.05) is 4.49 Å². The van der Waals surface area contributed by atoms with Crippen LogP contribution in [0.5, 0.6) is 0 Å². The largest absolute Gasteiger partial charge is 0.373 e. The fourth-order valence-corrected chi connectivity index (χ4v) is 4.25. The van der Waals surface area contributed by atoms with E-state index in [1.165, 1.54) is 43.6 Å². The van der Waals surface area contributed by atoms with Gasteiger partial charge in [0.1, 0.15) is 0 Å². The summed E-state index contributed by atoms with van der Waals surface area (Å²) in [4.78, 5) is 5.06. The SMILES string of the molecule is CN(C1CC1)C1COC2(CCN(Cc3csnn3)CC2)C1. The molecule has 1 atom stereocenters. The second-order valence-electron chi connectivity index (χ2n) is 6.92. The molecule has 1 aromatic heterocycles. The number of aromatic nitrogens is 2. The van der Waals surface area contributed by atoms with Crippen LogP contribution in [0.15, 0.2) is 5.38 Å². The molecule has 3 heterocycles. The molecule has 3 fully saturated rings. The van der Waals surface area contributed by atoms with Gasteiger partial charge in [0.05, 0.1) is 17.9 Å². The summed E-state index contributed by atoms with van der Waals surface area (Å²) >= 11 is 1.44. The third kappa shape index (κ3) is 2.99. The third-order valence-corrected chi connectivity index (χ3v) is 6.00. The molecule has 1 aliphatic carbocycles. The first kappa shape index (κ1) is 14.1. The Kier molecular flexibility index (Phi) is 3.73. The summed E-state index contributed by atoms with van der Waals surface area (Å²) < 4.78 is 10.2. The predicted molar refractivity (Wildman–Crippen MR) is 82.3 cm³/mol. The van der Waals surface area contributed by atoms with Gasteiger partial charge in [0.15, 0.2) is 0 Å². The highest BCUT2D eigenvalue weighted by Crippen LogP contribution is 2.40. The number of likely N-dealkylation sites (N-methyl/N-ethyl adjacent to an activating group) is 1. The van der Waals surface area contributed by atoms with Gasteiger partial charge in [-0.3, -0.25) is 9.80 Å². The Labute approximate surface area is 130 Å². The number of ether oxygens (including phenoxy) is 1. The smallest absolute Gasteiger partial charge is 0.0895 e. The molecule has 0 bridgehead atoms. The van der Waals surface area contributed by atoms with Gasteiger partial charge in [-0.2, -0.15) is 0 Å². The zero-order valence-electron chi connectivity index (χ0n) is 12.7. The van der Waals surface area contributed by atoms with Crippen molar-refractivity contribution in [2.24, 2.45) is 0 Å². The van der Waals surface area contributed by atoms with E-state index < -0.39 is 0 Å². The van der Waals surface area contributed by atoms with Crippen molar-refractivity contribution in [1.29, 1.82) is 0 Å². The van der Waals surface area contributed by atoms with Gasteiger partial charge in [0.2, 0.25) is 0 Å². The van der Waals surface area contributed by atoms with Crippen LogP contribution in [0.1, 0.15) is 37.8 Å². The van der Waals surface area contributed by atoms with Crippen molar-refractivity contribution in [2.45, 2.75) is 56.3 Å². The summed E-state index contributed by atoms with van der Waals surface area (Å²) in [6.07, 6.45) is 6.33. The van der Waals surface area contributed by atoms with Crippen LogP contribution in [-0.4, -0.2) is 63.8 Å². The zero-order chi connectivity index (χ0) is 14.3. The number of hydrogen-bond donors (Lipinski definition) is 0. The molecule has 2 saturated heterocycles. The number of piperidine rings is 1. The summed E-state index contributed by atoms with van der Waals surface area (Å²) in [5, 5.41) is 6.20. The molecular weight excluding hydrogens is 284 g/mol. The van der Waals surface area contributed by atoms with Crippen molar-refractivity contribution in [3.63, 3.8) is 0 Å². The maximum Gasteiger partial charge on any atom is 0.0895 e. The summed E-state index contributed by atoms with van der Waals surface area (Å²) in [6.45, 7) is 4.12. The third-order valence-electron chi connectivity index (χ3n) is 5.45. The highest BCUT2D eigenvalue weighted by Gasteiger charge is 2.45. The van der Waals surface area contributed by atoms with E-state index in [4.69, 9.17) is 4.74 Å². The Balaban J connectivity index is 1.30. The van der Waals surface area contributed by atoms with Gasteiger partial charge in [0, 0.05) is 37.1 Å². The first-order valence-electron chi connectivity index (χ1n) is 8.08. The van der Waals surface area contributed by atoms with Gasteiger partial charge in [-0.15, -0.1) is 5.10 Å². The van der Waals surface area contributed by atoms with Crippen LogP contribution in [-0.2, 0) is 11.3 Å². The van der Waals surface area contributed by atoms with Crippen molar-refractivity contribution in [2.75, 3.05) is 26.7 Å². The van der Waals surface area contributed by atoms with Crippen molar-refractivity contribution in [1.82, 2.24) is 19.4 Å². The second kappa shape index (κ2) is 5.57. The highest BCUT2D eigenvalue weighted by molar-refractivity contribution is 7.03. The molecule has 116 valence electrons. The van der Waals surface area contributed by atoms with Crippen molar-refractivity contribution in [3.05, 3.63) is 11.1 Å². The van der Waals surface area contributed by atoms with Crippen LogP contribution in [0.25, 0.3) is 0 Å². The quantitative estimate of drug-likeness (QED) is 0.848. The minimum absolute atomic E-state index is 0.157. The van der Waals surface area contributed by atoms with E-state index in [1.54, 1.807) is 0 Å². The van der Waals surface area contributed by atoms with Crippen molar-refractivity contribution >= 4 is 11.5 Å². The van der Waals surface area contributed by atoms with Gasteiger partial charge < -0.3 is 4.74 Å². The van der Waals surface area contributed by atoms with Gasteiger partial charge in [-0.05, 0) is 50.7 Å². The molecule has 0 amide bonds. The molecule has 5 nitrogen and oxygen atoms in total. The van der Waals surface area contributed by atoms with Crippen LogP contribution in [0.4, 0.5) is 0 Å². The molecule has 1 saturated carbocycles. The summed E-state index contributed by atoms with van der Waals surface area (Å²) in [7, 11) is 2.29. The van der Waals surface area contributed by atoms with E-state index in [9.17, 15) is 0 Å². The lowest BCUT2D eigenvalue weighted by Crippen LogP contribution is -2.44. The predicted octanol–water partition coefficient (Wildman–Crippen LogP) is 1.76. The highest BCUT2D eigenvalue weighted by atomic mass is 32.1. The first-order valence-corrected chi connectivity index (χ1v) is 8.92. The van der Waals surface area contributed by atoms with Gasteiger partial charge in [-0.25, -0.2) is 0 Å². The Morgan fingerprint density at radius 3 is 2.86 bits per heavy atom. The van der Waals surface area contributed by atoms with Crippen LogP contribution < -0.4 is 0 Å². The van der Waals surface area contributed by atoms with E-state index in [1.807, 2.05) is 0 Å². The lowest BCUT2D eigenvalue weighted by atomic mass is 9.87. The molecule has 21 heavy (non-hydrogen) atoms. The fourth-order valence-electron chi connectivity index (χ4n) is 3.81. The van der Waals surface area contributed by atoms with Crippen LogP contribution in [0, 0.1) is 0 Å². The molecule has 1 unspecified atom stereocenters. The Morgan fingerprint density at radius 1 is 1.38 bits per heavy atom. The molecule has 3 aliphatic rings. The Morgan fingerprint density at radius 2 is 2.19 bits per heavy atom. The summed E-state index contributed by atoms with van der Waals surface area (Å²) in [5.74, 6) is 0. The minimum atomic E-state index is 0.157. The number of likely N-dealkylation sites (tertiary alicyclic amines) is 1. The lowest BCUT2D eigenvalue weighted by Gasteiger charge is -2.38. The average Bonchev–Trinajstić information content (AvgIpc) is 3.08. The van der Waals surface area contributed by atoms with Gasteiger partial charge >= 0.3 is 0 Å². The van der Waals surface area contributed by atoms with Crippen molar-refractivity contribution < 1.29 is 4.74 Å². The standard InChI is InChI=1S/C15H24N4OS/c1-18(13-2-3-13)14-8-15(20-10-14)4-6-19(7-5-15)9-12-11-21-17-16-12/h11,13-14H,2-10H2,1H3. The average molecular weight is 308 g/mol. The first-order chi connectivity index (χ1) is 10.2. The number of nitrogens with zero attached hydrogens (tertiary/aromatic N) is 4. The van der Waals surface area contributed by atoms with E-state index in [0.717, 1.165) is 38.0 Å². The summed E-state index contributed by atoms with van der Waals surface area (Å²) in [6, 6.07) is 1.48. The number of hydrogen-bond acceptors (Lipinski definition) is 6. The maximum atomic E-state index is 6.28. The van der Waals surface area contributed by atoms with Crippen LogP contribution in [0.2, 0.25) is 0 Å². The fraction of sp³-hybridized carbons (Fsp3) is 0.867. The Bertz CT molecular complexity index is 468. The summed E-state index contributed by atoms with van der Waals surface area (Å²) in [5.41, 5.74) is 1.26. The van der Waals surface area contributed by atoms with E-state index in [-0.39, 0.29) is 5.60 Å². The molecule has 4 rings (SSSR count). The second-order valence-corrected chi connectivity index (χ2v) is 7.53. The van der Waals surface area contributed by atoms with E-state index in [0.29, 0.717) is 6.04 Å². The molecule has 0 aromatic carbocycles. The normalized spacial score (nSPS) is 29.5. The molecule has 0 N–H and O–H groups in total. The monoisotopic (exact) mass is 308 g/mol. The maximum absolute atomic E-state index is 6.28. The van der Waals surface area contributed by atoms with E-state index >= 15 is 0 Å². The van der Waals surface area contributed by atoms with Gasteiger partial charge in [0.25, 0.3) is 0 Å². The van der Waals surface area contributed by atoms with E-state index in [2.05, 4.69) is 31.8 Å². The molecule has 1 spiro atoms. The topological polar surface area (TPSA) is 41.5 Å². The van der Waals surface area contributed by atoms with Crippen molar-refractivity contribution in [3.8, 4) is 0 Å². The molecule has 0 radical (unpaired) electrons. The molecule has 1 aromatic rings.